The summed E-state index contributed by atoms with van der Waals surface area (Å²) in [4.78, 5) is 34.0. The van der Waals surface area contributed by atoms with Crippen LogP contribution < -0.4 is 4.72 Å². The maximum atomic E-state index is 12.1. The Balaban J connectivity index is 2.02. The lowest BCUT2D eigenvalue weighted by Gasteiger charge is -2.02. The van der Waals surface area contributed by atoms with Crippen LogP contribution in [0.1, 0.15) is 16.1 Å². The van der Waals surface area contributed by atoms with Gasteiger partial charge in [-0.1, -0.05) is 18.2 Å². The molecule has 6 nitrogen and oxygen atoms in total. The summed E-state index contributed by atoms with van der Waals surface area (Å²) in [5.74, 6) is -3.36. The molecule has 114 valence electrons. The molecule has 0 bridgehead atoms. The Bertz CT molecular complexity index is 739. The zero-order chi connectivity index (χ0) is 16.1. The zero-order valence-electron chi connectivity index (χ0n) is 11.1. The number of hydrogen-bond acceptors (Lipinski definition) is 5. The van der Waals surface area contributed by atoms with E-state index < -0.39 is 34.9 Å². The van der Waals surface area contributed by atoms with Crippen LogP contribution in [0, 0.1) is 0 Å². The Hall–Kier alpha value is -2.32. The van der Waals surface area contributed by atoms with Gasteiger partial charge in [-0.05, 0) is 24.3 Å². The second kappa shape index (κ2) is 7.10. The number of nitrogens with one attached hydrogen (secondary N) is 1. The summed E-state index contributed by atoms with van der Waals surface area (Å²) in [7, 11) is -1.46. The van der Waals surface area contributed by atoms with Crippen LogP contribution in [-0.2, 0) is 20.6 Å². The zero-order valence-corrected chi connectivity index (χ0v) is 12.8. The highest BCUT2D eigenvalue weighted by molar-refractivity contribution is 7.86. The molecule has 0 saturated heterocycles. The summed E-state index contributed by atoms with van der Waals surface area (Å²) in [6, 6.07) is 11.8. The molecule has 2 N–H and O–H groups in total. The monoisotopic (exact) mass is 337 g/mol. The van der Waals surface area contributed by atoms with E-state index in [1.54, 1.807) is 30.3 Å². The summed E-state index contributed by atoms with van der Waals surface area (Å²) >= 11 is 1.02. The van der Waals surface area contributed by atoms with E-state index in [2.05, 4.69) is 4.72 Å². The molecular weight excluding hydrogens is 326 g/mol. The highest BCUT2D eigenvalue weighted by Crippen LogP contribution is 2.24. The third-order valence-corrected chi connectivity index (χ3v) is 4.87. The smallest absolute Gasteiger partial charge is 0.372 e. The molecule has 0 amide bonds. The van der Waals surface area contributed by atoms with Crippen LogP contribution in [0.4, 0.5) is 5.00 Å². The van der Waals surface area contributed by atoms with Gasteiger partial charge in [0.05, 0.1) is 16.2 Å². The highest BCUT2D eigenvalue weighted by Gasteiger charge is 2.19. The number of thiophene rings is 1. The van der Waals surface area contributed by atoms with Crippen LogP contribution in [0.5, 0.6) is 0 Å². The molecular formula is C14H11NO5S2. The minimum Gasteiger partial charge on any atom is -0.475 e. The molecule has 1 atom stereocenters. The molecule has 2 aromatic rings. The van der Waals surface area contributed by atoms with Gasteiger partial charge in [-0.25, -0.2) is 9.00 Å². The third kappa shape index (κ3) is 4.09. The third-order valence-electron chi connectivity index (χ3n) is 2.59. The van der Waals surface area contributed by atoms with Crippen molar-refractivity contribution in [2.45, 2.75) is 11.3 Å². The van der Waals surface area contributed by atoms with Gasteiger partial charge in [0, 0.05) is 0 Å². The fraction of sp³-hybridized carbons (Fsp3) is 0.0714. The first kappa shape index (κ1) is 16.1. The van der Waals surface area contributed by atoms with Crippen molar-refractivity contribution in [1.82, 2.24) is 0 Å². The molecule has 1 unspecified atom stereocenters. The second-order valence-corrected chi connectivity index (χ2v) is 6.47. The van der Waals surface area contributed by atoms with Crippen molar-refractivity contribution in [3.8, 4) is 0 Å². The van der Waals surface area contributed by atoms with E-state index in [1.807, 2.05) is 6.07 Å². The first-order valence-corrected chi connectivity index (χ1v) is 8.06. The first-order valence-electron chi connectivity index (χ1n) is 6.10. The molecule has 1 aromatic carbocycles. The molecule has 1 aromatic heterocycles. The number of carboxylic acids is 1. The lowest BCUT2D eigenvalue weighted by Crippen LogP contribution is -2.16. The molecule has 0 aliphatic carbocycles. The van der Waals surface area contributed by atoms with Crippen LogP contribution in [0.25, 0.3) is 0 Å². The number of Topliss-reactive ketones (excluding diaryl/α,β-unsaturated/α-hetero) is 2. The Morgan fingerprint density at radius 1 is 1.09 bits per heavy atom. The van der Waals surface area contributed by atoms with Crippen molar-refractivity contribution in [2.75, 3.05) is 4.72 Å². The van der Waals surface area contributed by atoms with Crippen LogP contribution in [0.3, 0.4) is 0 Å². The van der Waals surface area contributed by atoms with Gasteiger partial charge < -0.3 is 5.11 Å². The maximum absolute atomic E-state index is 12.1. The van der Waals surface area contributed by atoms with E-state index in [0.29, 0.717) is 9.90 Å². The lowest BCUT2D eigenvalue weighted by molar-refractivity contribution is -0.148. The standard InChI is InChI=1S/C14H11NO5S2/c16-10(8-11(17)14(18)19)12-6-7-13(21-12)15-22(20)9-4-2-1-3-5-9/h1-7,15H,8H2,(H,18,19). The van der Waals surface area contributed by atoms with Crippen molar-refractivity contribution in [1.29, 1.82) is 0 Å². The predicted molar refractivity (Wildman–Crippen MR) is 82.4 cm³/mol. The quantitative estimate of drug-likeness (QED) is 0.458. The summed E-state index contributed by atoms with van der Waals surface area (Å²) < 4.78 is 14.8. The second-order valence-electron chi connectivity index (χ2n) is 4.18. The molecule has 0 aliphatic rings. The molecule has 8 heteroatoms. The molecule has 0 spiro atoms. The van der Waals surface area contributed by atoms with E-state index in [9.17, 15) is 18.6 Å². The van der Waals surface area contributed by atoms with Gasteiger partial charge in [0.2, 0.25) is 5.78 Å². The Kier molecular flexibility index (Phi) is 5.18. The van der Waals surface area contributed by atoms with Gasteiger partial charge in [-0.2, -0.15) is 0 Å². The minimum absolute atomic E-state index is 0.238. The Morgan fingerprint density at radius 2 is 1.77 bits per heavy atom. The van der Waals surface area contributed by atoms with Crippen molar-refractivity contribution in [3.63, 3.8) is 0 Å². The van der Waals surface area contributed by atoms with Gasteiger partial charge >= 0.3 is 5.97 Å². The minimum atomic E-state index is -1.63. The van der Waals surface area contributed by atoms with E-state index in [1.165, 1.54) is 6.07 Å². The van der Waals surface area contributed by atoms with Crippen LogP contribution >= 0.6 is 11.3 Å². The Morgan fingerprint density at radius 3 is 2.41 bits per heavy atom. The average molecular weight is 337 g/mol. The number of carbonyl (C=O) groups excluding carboxylic acids is 2. The molecule has 2 rings (SSSR count). The molecule has 22 heavy (non-hydrogen) atoms. The van der Waals surface area contributed by atoms with Crippen LogP contribution in [0.2, 0.25) is 0 Å². The van der Waals surface area contributed by atoms with Crippen molar-refractivity contribution in [3.05, 3.63) is 47.3 Å². The average Bonchev–Trinajstić information content (AvgIpc) is 2.96. The van der Waals surface area contributed by atoms with E-state index in [4.69, 9.17) is 5.11 Å². The van der Waals surface area contributed by atoms with Gasteiger partial charge in [-0.15, -0.1) is 11.3 Å². The van der Waals surface area contributed by atoms with E-state index >= 15 is 0 Å². The largest absolute Gasteiger partial charge is 0.475 e. The molecule has 0 fully saturated rings. The van der Waals surface area contributed by atoms with E-state index in [0.717, 1.165) is 11.3 Å². The van der Waals surface area contributed by atoms with Gasteiger partial charge in [0.25, 0.3) is 0 Å². The fourth-order valence-electron chi connectivity index (χ4n) is 1.55. The van der Waals surface area contributed by atoms with Crippen molar-refractivity contribution < 1.29 is 23.7 Å². The number of rotatable bonds is 7. The maximum Gasteiger partial charge on any atom is 0.372 e. The number of ketones is 2. The summed E-state index contributed by atoms with van der Waals surface area (Å²) in [6.07, 6.45) is -0.683. The lowest BCUT2D eigenvalue weighted by atomic mass is 10.2. The Labute approximate surface area is 132 Å². The van der Waals surface area contributed by atoms with E-state index in [-0.39, 0.29) is 4.88 Å². The fourth-order valence-corrected chi connectivity index (χ4v) is 3.41. The van der Waals surface area contributed by atoms with Crippen molar-refractivity contribution in [2.24, 2.45) is 0 Å². The number of hydrogen-bond donors (Lipinski definition) is 2. The first-order chi connectivity index (χ1) is 10.5. The molecule has 0 saturated carbocycles. The summed E-state index contributed by atoms with van der Waals surface area (Å²) in [5.41, 5.74) is 0. The molecule has 0 aliphatic heterocycles. The number of aliphatic carboxylic acids is 1. The van der Waals surface area contributed by atoms with Crippen molar-refractivity contribution >= 4 is 44.9 Å². The molecule has 1 heterocycles. The highest BCUT2D eigenvalue weighted by atomic mass is 32.2. The number of benzene rings is 1. The molecule has 0 radical (unpaired) electrons. The van der Waals surface area contributed by atoms with Gasteiger partial charge in [0.15, 0.2) is 16.8 Å². The van der Waals surface area contributed by atoms with Gasteiger partial charge in [0.1, 0.15) is 5.00 Å². The normalized spacial score (nSPS) is 11.6. The summed E-state index contributed by atoms with van der Waals surface area (Å²) in [5, 5.41) is 8.97. The number of carboxylic acid groups (broad SMARTS) is 1. The summed E-state index contributed by atoms with van der Waals surface area (Å²) in [6.45, 7) is 0. The van der Waals surface area contributed by atoms with Crippen LogP contribution in [-0.4, -0.2) is 26.9 Å². The number of carbonyl (C=O) groups is 3. The topological polar surface area (TPSA) is 101 Å². The predicted octanol–water partition coefficient (Wildman–Crippen LogP) is 2.11. The number of anilines is 1. The van der Waals surface area contributed by atoms with Gasteiger partial charge in [-0.3, -0.25) is 14.3 Å². The van der Waals surface area contributed by atoms with Crippen LogP contribution in [0.15, 0.2) is 47.4 Å². The SMILES string of the molecule is O=C(O)C(=O)CC(=O)c1ccc(NS(=O)c2ccccc2)s1.